The standard InChI is InChI=1S/2C21H28P.2C16H13.2ClH.2Ti/c2*1-3-11-19(12-4-1)22(20-13-5-2-6-14-20)21-15-17-9-7-8-10-18(17)16-21;2*1-12-10-14-8-5-9-15(16(14)11-12)13-6-3-2-4-7-13;;;;/h2*7-10,15-16,19-20H,1-6,11-14H2;2*2-11H,1H3;2*1H;;/q4*-1;;;2*+2/p-2. The van der Waals surface area contributed by atoms with Crippen LogP contribution in [0.4, 0.5) is 0 Å². The van der Waals surface area contributed by atoms with E-state index in [-0.39, 0.29) is 84.1 Å². The van der Waals surface area contributed by atoms with E-state index in [2.05, 4.69) is 208 Å². The molecule has 4 saturated carbocycles. The maximum absolute atomic E-state index is 2.55. The average molecular weight is 1200 g/mol. The summed E-state index contributed by atoms with van der Waals surface area (Å²) in [5.74, 6) is 0. The fraction of sp³-hybridized carbons (Fsp3) is 0.351. The Morgan fingerprint density at radius 2 is 0.613 bits per heavy atom. The van der Waals surface area contributed by atoms with Gasteiger partial charge in [-0.2, -0.15) is 24.3 Å². The molecular formula is C74H82Cl2P2Ti2-2. The van der Waals surface area contributed by atoms with Gasteiger partial charge < -0.3 is 24.8 Å². The number of aryl methyl sites for hydroxylation is 2. The fourth-order valence-electron chi connectivity index (χ4n) is 14.0. The van der Waals surface area contributed by atoms with Crippen molar-refractivity contribution in [3.8, 4) is 22.3 Å². The molecule has 0 N–H and O–H groups in total. The van der Waals surface area contributed by atoms with E-state index in [0.29, 0.717) is 0 Å². The van der Waals surface area contributed by atoms with E-state index >= 15 is 0 Å². The summed E-state index contributed by atoms with van der Waals surface area (Å²) in [6, 6.07) is 71.2. The second kappa shape index (κ2) is 32.1. The summed E-state index contributed by atoms with van der Waals surface area (Å²) in [4.78, 5) is 0. The number of benzene rings is 6. The molecule has 6 heteroatoms. The van der Waals surface area contributed by atoms with E-state index in [0.717, 1.165) is 22.6 Å². The molecule has 0 aromatic heterocycles. The third-order valence-corrected chi connectivity index (χ3v) is 24.6. The molecule has 0 aliphatic heterocycles. The molecule has 4 aliphatic carbocycles. The molecular weight excluding hydrogens is 1120 g/mol. The fourth-order valence-corrected chi connectivity index (χ4v) is 21.7. The van der Waals surface area contributed by atoms with Gasteiger partial charge >= 0.3 is 43.4 Å². The van der Waals surface area contributed by atoms with Crippen LogP contribution in [0.1, 0.15) is 140 Å². The molecule has 0 amide bonds. The van der Waals surface area contributed by atoms with Crippen molar-refractivity contribution < 1.29 is 68.2 Å². The second-order valence-electron chi connectivity index (χ2n) is 23.1. The first kappa shape index (κ1) is 64.2. The van der Waals surface area contributed by atoms with Crippen LogP contribution in [0, 0.1) is 13.8 Å². The zero-order chi connectivity index (χ0) is 51.5. The second-order valence-corrected chi connectivity index (χ2v) is 28.7. The molecule has 0 heterocycles. The third kappa shape index (κ3) is 16.1. The van der Waals surface area contributed by atoms with E-state index in [9.17, 15) is 0 Å². The van der Waals surface area contributed by atoms with Gasteiger partial charge in [0.25, 0.3) is 0 Å². The summed E-state index contributed by atoms with van der Waals surface area (Å²) >= 11 is 0. The Kier molecular flexibility index (Phi) is 25.7. The van der Waals surface area contributed by atoms with Gasteiger partial charge in [-0.25, -0.2) is 0 Å². The molecule has 80 heavy (non-hydrogen) atoms. The minimum absolute atomic E-state index is 0. The first-order chi connectivity index (χ1) is 37.5. The van der Waals surface area contributed by atoms with Gasteiger partial charge in [-0.05, 0) is 85.1 Å². The molecule has 0 atom stereocenters. The van der Waals surface area contributed by atoms with Crippen LogP contribution >= 0.6 is 15.8 Å². The Morgan fingerprint density at radius 3 is 0.938 bits per heavy atom. The van der Waals surface area contributed by atoms with Gasteiger partial charge in [0.05, 0.1) is 0 Å². The molecule has 0 radical (unpaired) electrons. The van der Waals surface area contributed by atoms with Crippen molar-refractivity contribution in [3.63, 3.8) is 0 Å². The van der Waals surface area contributed by atoms with Gasteiger partial charge in [0.1, 0.15) is 0 Å². The van der Waals surface area contributed by atoms with Gasteiger partial charge in [-0.15, -0.1) is 150 Å². The molecule has 10 aromatic rings. The first-order valence-electron chi connectivity index (χ1n) is 29.8. The van der Waals surface area contributed by atoms with Crippen molar-refractivity contribution in [1.82, 2.24) is 0 Å². The molecule has 4 aliphatic rings. The topological polar surface area (TPSA) is 0 Å². The predicted octanol–water partition coefficient (Wildman–Crippen LogP) is 15.7. The zero-order valence-electron chi connectivity index (χ0n) is 47.6. The summed E-state index contributed by atoms with van der Waals surface area (Å²) in [6.45, 7) is 4.30. The molecule has 0 spiro atoms. The summed E-state index contributed by atoms with van der Waals surface area (Å²) in [5, 5.41) is 14.7. The molecule has 412 valence electrons. The number of hydrogen-bond acceptors (Lipinski definition) is 0. The van der Waals surface area contributed by atoms with Crippen LogP contribution in [-0.4, -0.2) is 22.6 Å². The van der Waals surface area contributed by atoms with E-state index in [1.807, 2.05) is 0 Å². The van der Waals surface area contributed by atoms with Crippen molar-refractivity contribution in [2.75, 3.05) is 0 Å². The van der Waals surface area contributed by atoms with E-state index in [1.54, 1.807) is 10.6 Å². The monoisotopic (exact) mass is 1200 g/mol. The van der Waals surface area contributed by atoms with Gasteiger partial charge in [-0.1, -0.05) is 203 Å². The van der Waals surface area contributed by atoms with Gasteiger partial charge in [-0.3, -0.25) is 0 Å². The van der Waals surface area contributed by atoms with Gasteiger partial charge in [0.15, 0.2) is 0 Å². The van der Waals surface area contributed by atoms with Crippen molar-refractivity contribution in [1.29, 1.82) is 0 Å². The Bertz CT molecular complexity index is 3030. The maximum atomic E-state index is 2.55. The normalized spacial score (nSPS) is 16.2. The maximum Gasteiger partial charge on any atom is 2.00 e. The average Bonchev–Trinajstić information content (AvgIpc) is 4.30. The largest absolute Gasteiger partial charge is 2.00 e. The van der Waals surface area contributed by atoms with Crippen molar-refractivity contribution in [2.45, 2.75) is 165 Å². The van der Waals surface area contributed by atoms with Gasteiger partial charge in [0.2, 0.25) is 0 Å². The number of rotatable bonds is 8. The third-order valence-electron chi connectivity index (χ3n) is 17.6. The number of halogens is 2. The summed E-state index contributed by atoms with van der Waals surface area (Å²) in [5.41, 5.74) is 12.0. The van der Waals surface area contributed by atoms with Crippen LogP contribution in [-0.2, 0) is 43.4 Å². The van der Waals surface area contributed by atoms with Crippen molar-refractivity contribution in [2.24, 2.45) is 0 Å². The molecule has 4 fully saturated rings. The Balaban J connectivity index is 0.000000153. The van der Waals surface area contributed by atoms with Crippen LogP contribution in [0.5, 0.6) is 0 Å². The number of hydrogen-bond donors (Lipinski definition) is 0. The number of fused-ring (bicyclic) bond motifs is 4. The summed E-state index contributed by atoms with van der Waals surface area (Å²) in [6.07, 6.45) is 29.8. The first-order valence-corrected chi connectivity index (χ1v) is 32.8. The Hall–Kier alpha value is -3.37. The summed E-state index contributed by atoms with van der Waals surface area (Å²) in [7, 11) is 0.122. The molecule has 14 rings (SSSR count). The van der Waals surface area contributed by atoms with E-state index < -0.39 is 0 Å². The SMILES string of the molecule is Cc1cc2c(-c3ccccc3)cccc2[cH-]1.Cc1cc2c(-c3ccccc3)cccc2[cH-]1.[Cl-].[Cl-].[Ti+2].[Ti+2].c1ccc2[cH-]c(P(C3CCCCC3)C3CCCCC3)cc2c1.c1ccc2[cH-]c(P(C3CCCCC3)C3CCCCC3)cc2c1. The van der Waals surface area contributed by atoms with Crippen LogP contribution < -0.4 is 35.4 Å². The van der Waals surface area contributed by atoms with Crippen molar-refractivity contribution >= 4 is 69.5 Å². The van der Waals surface area contributed by atoms with Gasteiger partial charge in [0, 0.05) is 0 Å². The molecule has 10 aromatic carbocycles. The molecule has 0 saturated heterocycles. The van der Waals surface area contributed by atoms with E-state index in [4.69, 9.17) is 0 Å². The van der Waals surface area contributed by atoms with Crippen LogP contribution in [0.2, 0.25) is 0 Å². The smallest absolute Gasteiger partial charge is 1.00 e. The minimum Gasteiger partial charge on any atom is -1.00 e. The summed E-state index contributed by atoms with van der Waals surface area (Å²) < 4.78 is 0. The quantitative estimate of drug-likeness (QED) is 0.0808. The Labute approximate surface area is 525 Å². The Morgan fingerprint density at radius 1 is 0.312 bits per heavy atom. The van der Waals surface area contributed by atoms with E-state index in [1.165, 1.54) is 205 Å². The molecule has 0 bridgehead atoms. The predicted molar refractivity (Wildman–Crippen MR) is 339 cm³/mol. The zero-order valence-corrected chi connectivity index (χ0v) is 54.0. The van der Waals surface area contributed by atoms with Crippen LogP contribution in [0.25, 0.3) is 65.3 Å². The van der Waals surface area contributed by atoms with Crippen LogP contribution in [0.15, 0.2) is 194 Å². The van der Waals surface area contributed by atoms with Crippen molar-refractivity contribution in [3.05, 3.63) is 205 Å². The molecule has 0 unspecified atom stereocenters. The van der Waals surface area contributed by atoms with Crippen LogP contribution in [0.3, 0.4) is 0 Å². The minimum atomic E-state index is 0. The molecule has 0 nitrogen and oxygen atoms in total.